The molecule has 0 saturated carbocycles. The first kappa shape index (κ1) is 15.0. The predicted molar refractivity (Wildman–Crippen MR) is 83.8 cm³/mol. The topological polar surface area (TPSA) is 73.9 Å². The Bertz CT molecular complexity index is 640. The van der Waals surface area contributed by atoms with Crippen molar-refractivity contribution < 1.29 is 4.79 Å². The van der Waals surface area contributed by atoms with Gasteiger partial charge in [-0.25, -0.2) is 4.98 Å². The van der Waals surface area contributed by atoms with Crippen LogP contribution in [-0.4, -0.2) is 35.2 Å². The zero-order valence-corrected chi connectivity index (χ0v) is 13.1. The number of carbonyl (C=O) groups is 1. The smallest absolute Gasteiger partial charge is 0.260 e. The van der Waals surface area contributed by atoms with E-state index in [1.54, 1.807) is 23.2 Å². The third kappa shape index (κ3) is 3.39. The third-order valence-corrected chi connectivity index (χ3v) is 3.08. The average Bonchev–Trinajstić information content (AvgIpc) is 2.87. The first-order valence-electron chi connectivity index (χ1n) is 6.78. The van der Waals surface area contributed by atoms with Crippen molar-refractivity contribution in [1.29, 1.82) is 0 Å². The van der Waals surface area contributed by atoms with Gasteiger partial charge in [-0.1, -0.05) is 20.8 Å². The van der Waals surface area contributed by atoms with Gasteiger partial charge in [0, 0.05) is 37.5 Å². The number of H-pyrrole nitrogens is 1. The van der Waals surface area contributed by atoms with Gasteiger partial charge in [0.2, 0.25) is 0 Å². The number of aromatic nitrogens is 3. The van der Waals surface area contributed by atoms with Crippen LogP contribution < -0.4 is 10.2 Å². The van der Waals surface area contributed by atoms with E-state index < -0.39 is 0 Å². The van der Waals surface area contributed by atoms with Crippen LogP contribution in [0.2, 0.25) is 0 Å². The second-order valence-corrected chi connectivity index (χ2v) is 6.14. The molecule has 2 N–H and O–H groups in total. The lowest BCUT2D eigenvalue weighted by atomic mass is 9.92. The van der Waals surface area contributed by atoms with Crippen molar-refractivity contribution >= 4 is 17.5 Å². The number of rotatable bonds is 3. The van der Waals surface area contributed by atoms with E-state index in [-0.39, 0.29) is 11.3 Å². The minimum absolute atomic E-state index is 0.0426. The number of hydrogen-bond acceptors (Lipinski definition) is 4. The van der Waals surface area contributed by atoms with Gasteiger partial charge in [0.15, 0.2) is 5.82 Å². The highest BCUT2D eigenvalue weighted by Crippen LogP contribution is 2.22. The van der Waals surface area contributed by atoms with Crippen LogP contribution in [0.1, 0.15) is 36.8 Å². The molecule has 0 spiro atoms. The maximum atomic E-state index is 12.4. The Kier molecular flexibility index (Phi) is 3.97. The highest BCUT2D eigenvalue weighted by molar-refractivity contribution is 6.07. The van der Waals surface area contributed by atoms with Crippen molar-refractivity contribution in [2.45, 2.75) is 26.2 Å². The largest absolute Gasteiger partial charge is 0.362 e. The van der Waals surface area contributed by atoms with E-state index in [0.717, 1.165) is 5.69 Å². The molecule has 0 aliphatic carbocycles. The first-order valence-corrected chi connectivity index (χ1v) is 6.78. The van der Waals surface area contributed by atoms with Gasteiger partial charge < -0.3 is 10.2 Å². The number of carbonyl (C=O) groups excluding carboxylic acids is 1. The molecule has 6 heteroatoms. The lowest BCUT2D eigenvalue weighted by molar-refractivity contribution is 0.102. The lowest BCUT2D eigenvalue weighted by Crippen LogP contribution is -2.19. The summed E-state index contributed by atoms with van der Waals surface area (Å²) >= 11 is 0. The summed E-state index contributed by atoms with van der Waals surface area (Å²) in [7, 11) is 3.71. The molecule has 0 aliphatic rings. The van der Waals surface area contributed by atoms with Crippen LogP contribution in [0.25, 0.3) is 0 Å². The molecule has 112 valence electrons. The van der Waals surface area contributed by atoms with Crippen molar-refractivity contribution in [3.63, 3.8) is 0 Å². The van der Waals surface area contributed by atoms with E-state index >= 15 is 0 Å². The fourth-order valence-electron chi connectivity index (χ4n) is 1.88. The third-order valence-electron chi connectivity index (χ3n) is 3.08. The molecule has 2 aromatic rings. The fourth-order valence-corrected chi connectivity index (χ4v) is 1.88. The fraction of sp³-hybridized carbons (Fsp3) is 0.400. The van der Waals surface area contributed by atoms with Crippen LogP contribution in [0, 0.1) is 0 Å². The molecule has 0 bridgehead atoms. The Morgan fingerprint density at radius 3 is 2.62 bits per heavy atom. The molecule has 2 heterocycles. The Morgan fingerprint density at radius 2 is 2.05 bits per heavy atom. The zero-order valence-electron chi connectivity index (χ0n) is 13.1. The van der Waals surface area contributed by atoms with Crippen molar-refractivity contribution in [3.8, 4) is 0 Å². The van der Waals surface area contributed by atoms with Gasteiger partial charge in [0.25, 0.3) is 5.91 Å². The number of anilines is 2. The Morgan fingerprint density at radius 1 is 1.33 bits per heavy atom. The number of nitrogens with one attached hydrogen (secondary N) is 2. The lowest BCUT2D eigenvalue weighted by Gasteiger charge is -2.15. The molecule has 6 nitrogen and oxygen atoms in total. The summed E-state index contributed by atoms with van der Waals surface area (Å²) in [5, 5.41) is 9.88. The zero-order chi connectivity index (χ0) is 15.6. The SMILES string of the molecule is CN(C)c1ncccc1C(=O)Nc1cc(C(C)(C)C)[nH]n1. The summed E-state index contributed by atoms with van der Waals surface area (Å²) in [5.41, 5.74) is 1.44. The molecule has 0 atom stereocenters. The van der Waals surface area contributed by atoms with E-state index in [9.17, 15) is 4.79 Å². The molecule has 0 saturated heterocycles. The second kappa shape index (κ2) is 5.55. The summed E-state index contributed by atoms with van der Waals surface area (Å²) in [6.45, 7) is 6.24. The molecule has 21 heavy (non-hydrogen) atoms. The van der Waals surface area contributed by atoms with Gasteiger partial charge in [-0.15, -0.1) is 0 Å². The predicted octanol–water partition coefficient (Wildman–Crippen LogP) is 2.42. The molecular weight excluding hydrogens is 266 g/mol. The summed E-state index contributed by atoms with van der Waals surface area (Å²) < 4.78 is 0. The number of nitrogens with zero attached hydrogens (tertiary/aromatic N) is 3. The normalized spacial score (nSPS) is 11.3. The van der Waals surface area contributed by atoms with E-state index in [0.29, 0.717) is 17.2 Å². The maximum absolute atomic E-state index is 12.4. The Labute approximate surface area is 124 Å². The van der Waals surface area contributed by atoms with E-state index in [1.165, 1.54) is 0 Å². The van der Waals surface area contributed by atoms with Crippen molar-refractivity contribution in [1.82, 2.24) is 15.2 Å². The number of amides is 1. The summed E-state index contributed by atoms with van der Waals surface area (Å²) in [6.07, 6.45) is 1.67. The molecule has 0 aromatic carbocycles. The minimum atomic E-state index is -0.223. The number of hydrogen-bond donors (Lipinski definition) is 2. The standard InChI is InChI=1S/C15H21N5O/c1-15(2,3)11-9-12(19-18-11)17-14(21)10-7-6-8-16-13(10)20(4)5/h6-9H,1-5H3,(H2,17,18,19,21). The second-order valence-electron chi connectivity index (χ2n) is 6.14. The van der Waals surface area contributed by atoms with E-state index in [1.807, 2.05) is 20.2 Å². The van der Waals surface area contributed by atoms with Crippen molar-refractivity contribution in [2.24, 2.45) is 0 Å². The molecular formula is C15H21N5O. The number of aromatic amines is 1. The minimum Gasteiger partial charge on any atom is -0.362 e. The van der Waals surface area contributed by atoms with Crippen LogP contribution >= 0.6 is 0 Å². The van der Waals surface area contributed by atoms with E-state index in [2.05, 4.69) is 41.3 Å². The molecule has 2 aromatic heterocycles. The Balaban J connectivity index is 2.21. The Hall–Kier alpha value is -2.37. The van der Waals surface area contributed by atoms with Crippen molar-refractivity contribution in [2.75, 3.05) is 24.3 Å². The van der Waals surface area contributed by atoms with Gasteiger partial charge in [-0.3, -0.25) is 9.89 Å². The quantitative estimate of drug-likeness (QED) is 0.909. The van der Waals surface area contributed by atoms with Gasteiger partial charge in [-0.2, -0.15) is 5.10 Å². The van der Waals surface area contributed by atoms with Crippen molar-refractivity contribution in [3.05, 3.63) is 35.7 Å². The van der Waals surface area contributed by atoms with Crippen LogP contribution in [0.4, 0.5) is 11.6 Å². The summed E-state index contributed by atoms with van der Waals surface area (Å²) in [4.78, 5) is 18.4. The van der Waals surface area contributed by atoms with E-state index in [4.69, 9.17) is 0 Å². The maximum Gasteiger partial charge on any atom is 0.260 e. The molecule has 0 aliphatic heterocycles. The van der Waals surface area contributed by atoms with Crippen LogP contribution in [0.5, 0.6) is 0 Å². The van der Waals surface area contributed by atoms with Gasteiger partial charge in [0.05, 0.1) is 5.56 Å². The van der Waals surface area contributed by atoms with Crippen LogP contribution in [0.15, 0.2) is 24.4 Å². The summed E-state index contributed by atoms with van der Waals surface area (Å²) in [5.74, 6) is 0.916. The van der Waals surface area contributed by atoms with Gasteiger partial charge >= 0.3 is 0 Å². The number of pyridine rings is 1. The highest BCUT2D eigenvalue weighted by Gasteiger charge is 2.19. The monoisotopic (exact) mass is 287 g/mol. The molecule has 1 amide bonds. The first-order chi connectivity index (χ1) is 9.79. The van der Waals surface area contributed by atoms with Gasteiger partial charge in [-0.05, 0) is 12.1 Å². The van der Waals surface area contributed by atoms with Crippen LogP contribution in [0.3, 0.4) is 0 Å². The molecule has 0 fully saturated rings. The molecule has 2 rings (SSSR count). The van der Waals surface area contributed by atoms with Crippen LogP contribution in [-0.2, 0) is 5.41 Å². The summed E-state index contributed by atoms with van der Waals surface area (Å²) in [6, 6.07) is 5.34. The highest BCUT2D eigenvalue weighted by atomic mass is 16.1. The molecule has 0 radical (unpaired) electrons. The average molecular weight is 287 g/mol. The molecule has 0 unspecified atom stereocenters. The van der Waals surface area contributed by atoms with Gasteiger partial charge in [0.1, 0.15) is 5.82 Å².